The van der Waals surface area contributed by atoms with E-state index < -0.39 is 5.41 Å². The lowest BCUT2D eigenvalue weighted by molar-refractivity contribution is -0.132. The minimum absolute atomic E-state index is 0.00322. The molecule has 3 heterocycles. The number of amides is 2. The zero-order valence-electron chi connectivity index (χ0n) is 15.8. The lowest BCUT2D eigenvalue weighted by Gasteiger charge is -2.36. The van der Waals surface area contributed by atoms with Crippen molar-refractivity contribution in [3.63, 3.8) is 0 Å². The molecule has 1 aromatic heterocycles. The van der Waals surface area contributed by atoms with E-state index in [-0.39, 0.29) is 18.4 Å². The molecular formula is C21H24N4O2. The van der Waals surface area contributed by atoms with E-state index in [1.54, 1.807) is 11.1 Å². The Morgan fingerprint density at radius 1 is 1.04 bits per heavy atom. The van der Waals surface area contributed by atoms with E-state index in [9.17, 15) is 9.59 Å². The number of benzene rings is 1. The third-order valence-electron chi connectivity index (χ3n) is 5.55. The Hall–Kier alpha value is -2.89. The van der Waals surface area contributed by atoms with Crippen LogP contribution >= 0.6 is 0 Å². The summed E-state index contributed by atoms with van der Waals surface area (Å²) in [6.45, 7) is 6.72. The van der Waals surface area contributed by atoms with Crippen LogP contribution in [0.5, 0.6) is 0 Å². The summed E-state index contributed by atoms with van der Waals surface area (Å²) < 4.78 is 0. The van der Waals surface area contributed by atoms with Gasteiger partial charge in [-0.2, -0.15) is 0 Å². The Morgan fingerprint density at radius 3 is 2.44 bits per heavy atom. The molecule has 2 aliphatic heterocycles. The summed E-state index contributed by atoms with van der Waals surface area (Å²) in [6.07, 6.45) is 1.78. The number of hydrogen-bond donors (Lipinski definition) is 0. The largest absolute Gasteiger partial charge is 0.353 e. The van der Waals surface area contributed by atoms with Crippen LogP contribution in [0.15, 0.2) is 48.7 Å². The van der Waals surface area contributed by atoms with Gasteiger partial charge in [0.15, 0.2) is 0 Å². The molecule has 0 unspecified atom stereocenters. The van der Waals surface area contributed by atoms with Crippen LogP contribution in [-0.2, 0) is 15.0 Å². The van der Waals surface area contributed by atoms with E-state index in [1.165, 1.54) is 0 Å². The van der Waals surface area contributed by atoms with Gasteiger partial charge in [0, 0.05) is 38.1 Å². The first-order chi connectivity index (χ1) is 13.0. The second-order valence-corrected chi connectivity index (χ2v) is 7.59. The Labute approximate surface area is 159 Å². The molecule has 1 saturated heterocycles. The monoisotopic (exact) mass is 364 g/mol. The topological polar surface area (TPSA) is 56.8 Å². The second-order valence-electron chi connectivity index (χ2n) is 7.59. The Bertz CT molecular complexity index is 857. The molecule has 0 aliphatic carbocycles. The molecule has 0 bridgehead atoms. The average Bonchev–Trinajstić information content (AvgIpc) is 2.90. The summed E-state index contributed by atoms with van der Waals surface area (Å²) in [6, 6.07) is 13.6. The molecule has 6 nitrogen and oxygen atoms in total. The summed E-state index contributed by atoms with van der Waals surface area (Å²) in [5.74, 6) is 0.927. The lowest BCUT2D eigenvalue weighted by atomic mass is 9.86. The number of anilines is 2. The van der Waals surface area contributed by atoms with Gasteiger partial charge in [0.25, 0.3) is 0 Å². The fourth-order valence-electron chi connectivity index (χ4n) is 3.92. The zero-order chi connectivity index (χ0) is 19.0. The predicted octanol–water partition coefficient (Wildman–Crippen LogP) is 2.05. The first-order valence-electron chi connectivity index (χ1n) is 9.34. The fourth-order valence-corrected chi connectivity index (χ4v) is 3.92. The second kappa shape index (κ2) is 6.68. The van der Waals surface area contributed by atoms with Crippen LogP contribution in [0.2, 0.25) is 0 Å². The first kappa shape index (κ1) is 17.5. The van der Waals surface area contributed by atoms with Crippen LogP contribution in [0.25, 0.3) is 0 Å². The highest BCUT2D eigenvalue weighted by Gasteiger charge is 2.44. The molecule has 4 rings (SSSR count). The molecule has 1 fully saturated rings. The Morgan fingerprint density at radius 2 is 1.74 bits per heavy atom. The summed E-state index contributed by atoms with van der Waals surface area (Å²) in [5, 5.41) is 0. The molecule has 6 heteroatoms. The smallest absolute Gasteiger partial charge is 0.242 e. The lowest BCUT2D eigenvalue weighted by Crippen LogP contribution is -2.52. The molecule has 2 aromatic rings. The van der Waals surface area contributed by atoms with Gasteiger partial charge in [0.2, 0.25) is 11.8 Å². The molecule has 0 saturated carbocycles. The van der Waals surface area contributed by atoms with Crippen LogP contribution < -0.4 is 9.80 Å². The van der Waals surface area contributed by atoms with E-state index in [0.29, 0.717) is 13.1 Å². The number of aromatic nitrogens is 1. The number of piperazine rings is 1. The van der Waals surface area contributed by atoms with Crippen molar-refractivity contribution in [1.82, 2.24) is 9.88 Å². The molecule has 2 aliphatic rings. The van der Waals surface area contributed by atoms with Crippen LogP contribution in [0.4, 0.5) is 11.5 Å². The standard InChI is InChI=1S/C21H24N4O2/c1-21(2)16-7-3-4-8-17(16)25(20(21)27)15-19(26)24-13-11-23(12-14-24)18-9-5-6-10-22-18/h3-10H,11-15H2,1-2H3. The maximum Gasteiger partial charge on any atom is 0.242 e. The van der Waals surface area contributed by atoms with Crippen LogP contribution in [0.3, 0.4) is 0 Å². The highest BCUT2D eigenvalue weighted by Crippen LogP contribution is 2.41. The van der Waals surface area contributed by atoms with Crippen molar-refractivity contribution in [1.29, 1.82) is 0 Å². The average molecular weight is 364 g/mol. The van der Waals surface area contributed by atoms with Crippen molar-refractivity contribution >= 4 is 23.3 Å². The van der Waals surface area contributed by atoms with Crippen LogP contribution in [-0.4, -0.2) is 54.4 Å². The summed E-state index contributed by atoms with van der Waals surface area (Å²) >= 11 is 0. The van der Waals surface area contributed by atoms with Crippen molar-refractivity contribution < 1.29 is 9.59 Å². The molecule has 0 radical (unpaired) electrons. The van der Waals surface area contributed by atoms with Gasteiger partial charge in [-0.05, 0) is 37.6 Å². The molecule has 2 amide bonds. The van der Waals surface area contributed by atoms with Gasteiger partial charge in [0.05, 0.1) is 5.41 Å². The van der Waals surface area contributed by atoms with Crippen LogP contribution in [0, 0.1) is 0 Å². The van der Waals surface area contributed by atoms with Crippen molar-refractivity contribution in [3.8, 4) is 0 Å². The maximum absolute atomic E-state index is 12.9. The number of hydrogen-bond acceptors (Lipinski definition) is 4. The number of pyridine rings is 1. The highest BCUT2D eigenvalue weighted by atomic mass is 16.2. The highest BCUT2D eigenvalue weighted by molar-refractivity contribution is 6.10. The third kappa shape index (κ3) is 3.05. The minimum atomic E-state index is -0.589. The zero-order valence-corrected chi connectivity index (χ0v) is 15.8. The molecule has 140 valence electrons. The van der Waals surface area contributed by atoms with Gasteiger partial charge in [-0.3, -0.25) is 9.59 Å². The number of carbonyl (C=O) groups excluding carboxylic acids is 2. The quantitative estimate of drug-likeness (QED) is 0.837. The van der Waals surface area contributed by atoms with Crippen LogP contribution in [0.1, 0.15) is 19.4 Å². The number of para-hydroxylation sites is 1. The summed E-state index contributed by atoms with van der Waals surface area (Å²) in [7, 11) is 0. The third-order valence-corrected chi connectivity index (χ3v) is 5.55. The number of nitrogens with zero attached hydrogens (tertiary/aromatic N) is 4. The van der Waals surface area contributed by atoms with Crippen molar-refractivity contribution in [2.45, 2.75) is 19.3 Å². The maximum atomic E-state index is 12.9. The number of carbonyl (C=O) groups is 2. The van der Waals surface area contributed by atoms with Crippen molar-refractivity contribution in [2.75, 3.05) is 42.5 Å². The van der Waals surface area contributed by atoms with E-state index >= 15 is 0 Å². The summed E-state index contributed by atoms with van der Waals surface area (Å²) in [4.78, 5) is 35.8. The van der Waals surface area contributed by atoms with E-state index in [0.717, 1.165) is 30.2 Å². The number of rotatable bonds is 3. The number of fused-ring (bicyclic) bond motifs is 1. The van der Waals surface area contributed by atoms with E-state index in [4.69, 9.17) is 0 Å². The molecule has 0 atom stereocenters. The van der Waals surface area contributed by atoms with Crippen molar-refractivity contribution in [3.05, 3.63) is 54.2 Å². The van der Waals surface area contributed by atoms with Gasteiger partial charge in [-0.15, -0.1) is 0 Å². The van der Waals surface area contributed by atoms with Gasteiger partial charge < -0.3 is 14.7 Å². The minimum Gasteiger partial charge on any atom is -0.353 e. The van der Waals surface area contributed by atoms with Gasteiger partial charge in [-0.1, -0.05) is 24.3 Å². The molecule has 1 aromatic carbocycles. The Balaban J connectivity index is 1.43. The van der Waals surface area contributed by atoms with E-state index in [2.05, 4.69) is 9.88 Å². The van der Waals surface area contributed by atoms with Gasteiger partial charge in [0.1, 0.15) is 12.4 Å². The first-order valence-corrected chi connectivity index (χ1v) is 9.34. The predicted molar refractivity (Wildman–Crippen MR) is 105 cm³/mol. The van der Waals surface area contributed by atoms with Crippen molar-refractivity contribution in [2.24, 2.45) is 0 Å². The Kier molecular flexibility index (Phi) is 4.34. The molecular weight excluding hydrogens is 340 g/mol. The summed E-state index contributed by atoms with van der Waals surface area (Å²) in [5.41, 5.74) is 1.25. The SMILES string of the molecule is CC1(C)C(=O)N(CC(=O)N2CCN(c3ccccn3)CC2)c2ccccc21. The molecule has 0 N–H and O–H groups in total. The van der Waals surface area contributed by atoms with E-state index in [1.807, 2.05) is 61.2 Å². The normalized spacial score (nSPS) is 18.6. The van der Waals surface area contributed by atoms with Gasteiger partial charge in [-0.25, -0.2) is 4.98 Å². The van der Waals surface area contributed by atoms with Gasteiger partial charge >= 0.3 is 0 Å². The fraction of sp³-hybridized carbons (Fsp3) is 0.381. The molecule has 0 spiro atoms. The molecule has 27 heavy (non-hydrogen) atoms.